The van der Waals surface area contributed by atoms with E-state index in [-0.39, 0.29) is 23.6 Å². The molecule has 3 rings (SSSR count). The van der Waals surface area contributed by atoms with Crippen LogP contribution in [0.2, 0.25) is 0 Å². The molecule has 5 nitrogen and oxygen atoms in total. The first-order valence-electron chi connectivity index (χ1n) is 9.18. The zero-order valence-corrected chi connectivity index (χ0v) is 15.8. The van der Waals surface area contributed by atoms with Crippen LogP contribution in [0.15, 0.2) is 24.3 Å². The van der Waals surface area contributed by atoms with Crippen LogP contribution >= 0.6 is 0 Å². The van der Waals surface area contributed by atoms with Gasteiger partial charge in [0.25, 0.3) is 0 Å². The number of amides is 1. The molecule has 2 bridgehead atoms. The van der Waals surface area contributed by atoms with Crippen LogP contribution in [0.1, 0.15) is 50.7 Å². The summed E-state index contributed by atoms with van der Waals surface area (Å²) in [5.74, 6) is 1.50. The number of sulfonamides is 1. The van der Waals surface area contributed by atoms with E-state index in [4.69, 9.17) is 0 Å². The Morgan fingerprint density at radius 1 is 1.16 bits per heavy atom. The van der Waals surface area contributed by atoms with Crippen molar-refractivity contribution in [3.63, 3.8) is 0 Å². The Morgan fingerprint density at radius 2 is 1.88 bits per heavy atom. The highest BCUT2D eigenvalue weighted by molar-refractivity contribution is 7.88. The maximum atomic E-state index is 12.5. The molecule has 0 aromatic heterocycles. The minimum absolute atomic E-state index is 0.0641. The Labute approximate surface area is 150 Å². The van der Waals surface area contributed by atoms with Gasteiger partial charge in [0, 0.05) is 18.5 Å². The third kappa shape index (κ3) is 4.61. The normalized spacial score (nSPS) is 25.5. The largest absolute Gasteiger partial charge is 0.352 e. The summed E-state index contributed by atoms with van der Waals surface area (Å²) in [6.07, 6.45) is 4.68. The standard InChI is InChI=1S/C19H28N2O3S/c1-13(2)21-25(23,24)12-17-6-4-3-5-16(17)11-20-19(22)18-10-14-7-8-15(18)9-14/h3-6,13-15,18,21H,7-12H2,1-2H3,(H,20,22). The zero-order chi connectivity index (χ0) is 18.0. The third-order valence-electron chi connectivity index (χ3n) is 5.41. The highest BCUT2D eigenvalue weighted by Crippen LogP contribution is 2.48. The molecule has 2 aliphatic carbocycles. The first kappa shape index (κ1) is 18.4. The quantitative estimate of drug-likeness (QED) is 0.781. The van der Waals surface area contributed by atoms with Gasteiger partial charge in [-0.25, -0.2) is 13.1 Å². The van der Waals surface area contributed by atoms with E-state index in [9.17, 15) is 13.2 Å². The number of nitrogens with one attached hydrogen (secondary N) is 2. The molecule has 3 unspecified atom stereocenters. The molecule has 0 spiro atoms. The predicted octanol–water partition coefficient (Wildman–Crippen LogP) is 2.57. The first-order chi connectivity index (χ1) is 11.8. The minimum Gasteiger partial charge on any atom is -0.352 e. The van der Waals surface area contributed by atoms with E-state index in [0.29, 0.717) is 12.5 Å². The average molecular weight is 365 g/mol. The SMILES string of the molecule is CC(C)NS(=O)(=O)Cc1ccccc1CNC(=O)C1CC2CCC1C2. The third-order valence-corrected chi connectivity index (χ3v) is 6.93. The Morgan fingerprint density at radius 3 is 2.48 bits per heavy atom. The van der Waals surface area contributed by atoms with Crippen molar-refractivity contribution in [3.05, 3.63) is 35.4 Å². The first-order valence-corrected chi connectivity index (χ1v) is 10.8. The number of rotatable bonds is 7. The monoisotopic (exact) mass is 364 g/mol. The fraction of sp³-hybridized carbons (Fsp3) is 0.632. The van der Waals surface area contributed by atoms with Crippen molar-refractivity contribution in [2.24, 2.45) is 17.8 Å². The Balaban J connectivity index is 1.62. The van der Waals surface area contributed by atoms with Crippen molar-refractivity contribution in [2.75, 3.05) is 0 Å². The van der Waals surface area contributed by atoms with Crippen LogP contribution in [0.4, 0.5) is 0 Å². The predicted molar refractivity (Wildman–Crippen MR) is 98.1 cm³/mol. The number of hydrogen-bond acceptors (Lipinski definition) is 3. The summed E-state index contributed by atoms with van der Waals surface area (Å²) in [7, 11) is -3.38. The van der Waals surface area contributed by atoms with Crippen LogP contribution in [0.25, 0.3) is 0 Å². The zero-order valence-electron chi connectivity index (χ0n) is 15.0. The summed E-state index contributed by atoms with van der Waals surface area (Å²) in [6.45, 7) is 4.00. The van der Waals surface area contributed by atoms with E-state index in [1.807, 2.05) is 24.3 Å². The lowest BCUT2D eigenvalue weighted by Gasteiger charge is -2.21. The van der Waals surface area contributed by atoms with E-state index in [1.54, 1.807) is 13.8 Å². The average Bonchev–Trinajstić information content (AvgIpc) is 3.15. The molecule has 1 aromatic carbocycles. The molecule has 2 N–H and O–H groups in total. The Hall–Kier alpha value is -1.40. The minimum atomic E-state index is -3.38. The summed E-state index contributed by atoms with van der Waals surface area (Å²) in [5, 5.41) is 3.04. The molecular formula is C19H28N2O3S. The summed E-state index contributed by atoms with van der Waals surface area (Å²) in [6, 6.07) is 7.29. The van der Waals surface area contributed by atoms with Crippen LogP contribution in [0.3, 0.4) is 0 Å². The topological polar surface area (TPSA) is 75.3 Å². The number of carbonyl (C=O) groups excluding carboxylic acids is 1. The van der Waals surface area contributed by atoms with Crippen LogP contribution < -0.4 is 10.0 Å². The van der Waals surface area contributed by atoms with Crippen molar-refractivity contribution in [3.8, 4) is 0 Å². The molecular weight excluding hydrogens is 336 g/mol. The van der Waals surface area contributed by atoms with Crippen molar-refractivity contribution in [1.82, 2.24) is 10.0 Å². The van der Waals surface area contributed by atoms with Crippen molar-refractivity contribution < 1.29 is 13.2 Å². The van der Waals surface area contributed by atoms with Crippen LogP contribution in [0, 0.1) is 17.8 Å². The smallest absolute Gasteiger partial charge is 0.223 e. The molecule has 3 atom stereocenters. The van der Waals surface area contributed by atoms with Gasteiger partial charge in [0.2, 0.25) is 15.9 Å². The van der Waals surface area contributed by atoms with Gasteiger partial charge in [0.05, 0.1) is 5.75 Å². The van der Waals surface area contributed by atoms with Crippen molar-refractivity contribution >= 4 is 15.9 Å². The van der Waals surface area contributed by atoms with Gasteiger partial charge < -0.3 is 5.32 Å². The highest BCUT2D eigenvalue weighted by atomic mass is 32.2. The lowest BCUT2D eigenvalue weighted by Crippen LogP contribution is -2.34. The van der Waals surface area contributed by atoms with Gasteiger partial charge in [0.1, 0.15) is 0 Å². The molecule has 2 aliphatic rings. The molecule has 0 aliphatic heterocycles. The van der Waals surface area contributed by atoms with E-state index in [0.717, 1.165) is 23.5 Å². The summed E-state index contributed by atoms with van der Waals surface area (Å²) in [4.78, 5) is 12.5. The van der Waals surface area contributed by atoms with Gasteiger partial charge in [0.15, 0.2) is 0 Å². The van der Waals surface area contributed by atoms with Gasteiger partial charge in [-0.3, -0.25) is 4.79 Å². The Kier molecular flexibility index (Phi) is 5.49. The molecule has 2 saturated carbocycles. The van der Waals surface area contributed by atoms with E-state index in [2.05, 4.69) is 10.0 Å². The number of fused-ring (bicyclic) bond motifs is 2. The Bertz CT molecular complexity index is 730. The van der Waals surface area contributed by atoms with Gasteiger partial charge in [-0.1, -0.05) is 30.7 Å². The molecule has 6 heteroatoms. The maximum Gasteiger partial charge on any atom is 0.223 e. The van der Waals surface area contributed by atoms with Gasteiger partial charge in [-0.15, -0.1) is 0 Å². The maximum absolute atomic E-state index is 12.5. The van der Waals surface area contributed by atoms with E-state index >= 15 is 0 Å². The van der Waals surface area contributed by atoms with Crippen LogP contribution in [-0.4, -0.2) is 20.4 Å². The van der Waals surface area contributed by atoms with Crippen LogP contribution in [-0.2, 0) is 27.1 Å². The molecule has 138 valence electrons. The molecule has 0 radical (unpaired) electrons. The fourth-order valence-electron chi connectivity index (χ4n) is 4.36. The van der Waals surface area contributed by atoms with E-state index < -0.39 is 10.0 Å². The second-order valence-electron chi connectivity index (χ2n) is 7.80. The lowest BCUT2D eigenvalue weighted by molar-refractivity contribution is -0.126. The van der Waals surface area contributed by atoms with Crippen LogP contribution in [0.5, 0.6) is 0 Å². The second-order valence-corrected chi connectivity index (χ2v) is 9.55. The number of hydrogen-bond donors (Lipinski definition) is 2. The highest BCUT2D eigenvalue weighted by Gasteiger charge is 2.42. The number of benzene rings is 1. The second kappa shape index (κ2) is 7.46. The molecule has 25 heavy (non-hydrogen) atoms. The van der Waals surface area contributed by atoms with Crippen molar-refractivity contribution in [1.29, 1.82) is 0 Å². The molecule has 0 heterocycles. The van der Waals surface area contributed by atoms with Gasteiger partial charge in [-0.2, -0.15) is 0 Å². The summed E-state index contributed by atoms with van der Waals surface area (Å²) in [5.41, 5.74) is 1.61. The molecule has 0 saturated heterocycles. The lowest BCUT2D eigenvalue weighted by atomic mass is 9.88. The molecule has 2 fully saturated rings. The van der Waals surface area contributed by atoms with Gasteiger partial charge >= 0.3 is 0 Å². The molecule has 1 aromatic rings. The number of carbonyl (C=O) groups is 1. The van der Waals surface area contributed by atoms with Crippen molar-refractivity contribution in [2.45, 2.75) is 57.9 Å². The fourth-order valence-corrected chi connectivity index (χ4v) is 5.85. The summed E-state index contributed by atoms with van der Waals surface area (Å²) >= 11 is 0. The van der Waals surface area contributed by atoms with Gasteiger partial charge in [-0.05, 0) is 56.1 Å². The molecule has 1 amide bonds. The summed E-state index contributed by atoms with van der Waals surface area (Å²) < 4.78 is 27.0. The van der Waals surface area contributed by atoms with E-state index in [1.165, 1.54) is 19.3 Å².